The maximum Gasteiger partial charge on any atom is 0.269 e. The second kappa shape index (κ2) is 8.36. The van der Waals surface area contributed by atoms with E-state index in [0.717, 1.165) is 4.31 Å². The molecule has 160 valence electrons. The minimum absolute atomic E-state index is 0.0618. The first kappa shape index (κ1) is 20.8. The number of sulfonamides is 1. The number of anilines is 1. The van der Waals surface area contributed by atoms with Crippen LogP contribution in [0.1, 0.15) is 0 Å². The number of pyridine rings is 1. The Bertz CT molecular complexity index is 1280. The molecular weight excluding hydrogens is 440 g/mol. The molecule has 0 amide bonds. The van der Waals surface area contributed by atoms with E-state index in [2.05, 4.69) is 15.1 Å². The molecule has 0 aliphatic rings. The van der Waals surface area contributed by atoms with E-state index in [4.69, 9.17) is 14.0 Å². The quantitative estimate of drug-likeness (QED) is 0.413. The van der Waals surface area contributed by atoms with Gasteiger partial charge in [0.25, 0.3) is 15.9 Å². The van der Waals surface area contributed by atoms with E-state index in [1.54, 1.807) is 48.1 Å². The number of hydrogen-bond donors (Lipinski definition) is 0. The third-order valence-corrected chi connectivity index (χ3v) is 7.39. The minimum Gasteiger partial charge on any atom is -0.497 e. The van der Waals surface area contributed by atoms with Crippen LogP contribution in [0.15, 0.2) is 63.6 Å². The maximum atomic E-state index is 13.4. The Morgan fingerprint density at radius 2 is 1.71 bits per heavy atom. The number of benzene rings is 1. The zero-order valence-electron chi connectivity index (χ0n) is 16.8. The zero-order chi connectivity index (χ0) is 22.0. The minimum atomic E-state index is -3.94. The van der Waals surface area contributed by atoms with Crippen LogP contribution >= 0.6 is 11.3 Å². The van der Waals surface area contributed by atoms with E-state index in [-0.39, 0.29) is 10.8 Å². The van der Waals surface area contributed by atoms with Crippen LogP contribution < -0.4 is 13.8 Å². The van der Waals surface area contributed by atoms with Gasteiger partial charge in [-0.2, -0.15) is 4.98 Å². The molecule has 0 N–H and O–H groups in total. The molecule has 11 heteroatoms. The van der Waals surface area contributed by atoms with Crippen LogP contribution in [0.5, 0.6) is 11.5 Å². The standard InChI is InChI=1S/C20H18N4O5S2/c1-24(14-10-15(27-2)12-16(11-14)28-3)31(25,26)17-6-9-30-18(17)20-22-19(23-29-20)13-4-7-21-8-5-13/h4-12H,1-3H3. The molecule has 0 atom stereocenters. The van der Waals surface area contributed by atoms with Crippen molar-refractivity contribution in [1.29, 1.82) is 0 Å². The molecular formula is C20H18N4O5S2. The number of thiophene rings is 1. The van der Waals surface area contributed by atoms with E-state index >= 15 is 0 Å². The van der Waals surface area contributed by atoms with E-state index < -0.39 is 10.0 Å². The van der Waals surface area contributed by atoms with Gasteiger partial charge in [0.05, 0.1) is 19.9 Å². The molecule has 0 aliphatic heterocycles. The average molecular weight is 459 g/mol. The van der Waals surface area contributed by atoms with Crippen LogP contribution in [0.3, 0.4) is 0 Å². The van der Waals surface area contributed by atoms with Gasteiger partial charge in [-0.15, -0.1) is 11.3 Å². The molecule has 1 aromatic carbocycles. The molecule has 0 unspecified atom stereocenters. The zero-order valence-corrected chi connectivity index (χ0v) is 18.5. The summed E-state index contributed by atoms with van der Waals surface area (Å²) in [6.07, 6.45) is 3.23. The SMILES string of the molecule is COc1cc(OC)cc(N(C)S(=O)(=O)c2ccsc2-c2nc(-c3ccncc3)no2)c1. The van der Waals surface area contributed by atoms with E-state index in [0.29, 0.717) is 33.5 Å². The third-order valence-electron chi connectivity index (χ3n) is 4.53. The van der Waals surface area contributed by atoms with Crippen LogP contribution in [0.2, 0.25) is 0 Å². The monoisotopic (exact) mass is 458 g/mol. The van der Waals surface area contributed by atoms with Gasteiger partial charge < -0.3 is 14.0 Å². The van der Waals surface area contributed by atoms with Crippen LogP contribution in [0.4, 0.5) is 5.69 Å². The van der Waals surface area contributed by atoms with Crippen molar-refractivity contribution in [3.05, 3.63) is 54.2 Å². The molecule has 4 rings (SSSR count). The highest BCUT2D eigenvalue weighted by molar-refractivity contribution is 7.93. The number of hydrogen-bond acceptors (Lipinski definition) is 9. The van der Waals surface area contributed by atoms with Gasteiger partial charge in [0.1, 0.15) is 21.3 Å². The van der Waals surface area contributed by atoms with Gasteiger partial charge in [-0.05, 0) is 23.6 Å². The van der Waals surface area contributed by atoms with Crippen molar-refractivity contribution >= 4 is 27.0 Å². The van der Waals surface area contributed by atoms with Gasteiger partial charge >= 0.3 is 0 Å². The Labute approximate surface area is 182 Å². The molecule has 3 aromatic heterocycles. The fraction of sp³-hybridized carbons (Fsp3) is 0.150. The van der Waals surface area contributed by atoms with Crippen molar-refractivity contribution in [3.8, 4) is 33.7 Å². The fourth-order valence-corrected chi connectivity index (χ4v) is 5.35. The predicted molar refractivity (Wildman–Crippen MR) is 116 cm³/mol. The molecule has 0 radical (unpaired) electrons. The summed E-state index contributed by atoms with van der Waals surface area (Å²) in [5.41, 5.74) is 1.10. The Kier molecular flexibility index (Phi) is 5.61. The summed E-state index contributed by atoms with van der Waals surface area (Å²) in [5.74, 6) is 1.42. The topological polar surface area (TPSA) is 108 Å². The van der Waals surface area contributed by atoms with Gasteiger partial charge in [0.2, 0.25) is 5.82 Å². The maximum absolute atomic E-state index is 13.4. The third kappa shape index (κ3) is 3.97. The van der Waals surface area contributed by atoms with E-state index in [1.807, 2.05) is 0 Å². The van der Waals surface area contributed by atoms with Crippen molar-refractivity contribution < 1.29 is 22.4 Å². The van der Waals surface area contributed by atoms with E-state index in [1.165, 1.54) is 38.7 Å². The highest BCUT2D eigenvalue weighted by Gasteiger charge is 2.29. The van der Waals surface area contributed by atoms with Crippen LogP contribution in [0, 0.1) is 0 Å². The number of methoxy groups -OCH3 is 2. The van der Waals surface area contributed by atoms with Gasteiger partial charge in [-0.3, -0.25) is 9.29 Å². The lowest BCUT2D eigenvalue weighted by Gasteiger charge is -2.20. The van der Waals surface area contributed by atoms with Crippen molar-refractivity contribution in [2.24, 2.45) is 0 Å². The lowest BCUT2D eigenvalue weighted by molar-refractivity contribution is 0.394. The summed E-state index contributed by atoms with van der Waals surface area (Å²) in [7, 11) is 0.522. The molecule has 0 fully saturated rings. The molecule has 9 nitrogen and oxygen atoms in total. The first-order valence-electron chi connectivity index (χ1n) is 8.98. The van der Waals surface area contributed by atoms with Crippen molar-refractivity contribution in [2.75, 3.05) is 25.6 Å². The smallest absolute Gasteiger partial charge is 0.269 e. The van der Waals surface area contributed by atoms with Gasteiger partial charge in [0.15, 0.2) is 0 Å². The molecule has 0 bridgehead atoms. The Morgan fingerprint density at radius 1 is 1.03 bits per heavy atom. The molecule has 0 saturated carbocycles. The van der Waals surface area contributed by atoms with Gasteiger partial charge in [0, 0.05) is 43.2 Å². The summed E-state index contributed by atoms with van der Waals surface area (Å²) in [5, 5.41) is 5.63. The van der Waals surface area contributed by atoms with Gasteiger partial charge in [-0.25, -0.2) is 8.42 Å². The first-order valence-corrected chi connectivity index (χ1v) is 11.3. The Balaban J connectivity index is 1.72. The van der Waals surface area contributed by atoms with Crippen LogP contribution in [-0.2, 0) is 10.0 Å². The summed E-state index contributed by atoms with van der Waals surface area (Å²) in [4.78, 5) is 8.74. The largest absolute Gasteiger partial charge is 0.497 e. The van der Waals surface area contributed by atoms with Crippen molar-refractivity contribution in [3.63, 3.8) is 0 Å². The Hall–Kier alpha value is -3.44. The molecule has 0 saturated heterocycles. The van der Waals surface area contributed by atoms with Crippen molar-refractivity contribution in [1.82, 2.24) is 15.1 Å². The average Bonchev–Trinajstić information content (AvgIpc) is 3.48. The fourth-order valence-electron chi connectivity index (χ4n) is 2.85. The molecule has 3 heterocycles. The number of rotatable bonds is 7. The van der Waals surface area contributed by atoms with Crippen molar-refractivity contribution in [2.45, 2.75) is 4.90 Å². The van der Waals surface area contributed by atoms with Gasteiger partial charge in [-0.1, -0.05) is 5.16 Å². The molecule has 0 spiro atoms. The Morgan fingerprint density at radius 3 is 2.35 bits per heavy atom. The summed E-state index contributed by atoms with van der Waals surface area (Å²) in [6, 6.07) is 9.88. The predicted octanol–water partition coefficient (Wildman–Crippen LogP) is 3.70. The molecule has 0 aliphatic carbocycles. The normalized spacial score (nSPS) is 11.3. The van der Waals surface area contributed by atoms with E-state index in [9.17, 15) is 8.42 Å². The number of nitrogens with zero attached hydrogens (tertiary/aromatic N) is 4. The van der Waals surface area contributed by atoms with Crippen LogP contribution in [0.25, 0.3) is 22.2 Å². The summed E-state index contributed by atoms with van der Waals surface area (Å²) >= 11 is 1.20. The lowest BCUT2D eigenvalue weighted by atomic mass is 10.2. The lowest BCUT2D eigenvalue weighted by Crippen LogP contribution is -2.26. The van der Waals surface area contributed by atoms with Crippen LogP contribution in [-0.4, -0.2) is 44.8 Å². The molecule has 31 heavy (non-hydrogen) atoms. The second-order valence-corrected chi connectivity index (χ2v) is 9.17. The molecule has 4 aromatic rings. The summed E-state index contributed by atoms with van der Waals surface area (Å²) < 4.78 is 43.9. The first-order chi connectivity index (χ1) is 14.9. The summed E-state index contributed by atoms with van der Waals surface area (Å²) in [6.45, 7) is 0. The number of aromatic nitrogens is 3. The number of ether oxygens (including phenoxy) is 2. The second-order valence-electron chi connectivity index (χ2n) is 6.32. The highest BCUT2D eigenvalue weighted by atomic mass is 32.2. The highest BCUT2D eigenvalue weighted by Crippen LogP contribution is 2.37.